The molecule has 8 heteroatoms. The van der Waals surface area contributed by atoms with E-state index < -0.39 is 18.2 Å². The number of carbonyl (C=O) groups is 2. The number of aryl methyl sites for hydroxylation is 1. The summed E-state index contributed by atoms with van der Waals surface area (Å²) < 4.78 is 11.0. The molecule has 0 spiro atoms. The minimum atomic E-state index is -0.742. The molecule has 32 heavy (non-hydrogen) atoms. The van der Waals surface area contributed by atoms with E-state index in [1.807, 2.05) is 61.5 Å². The van der Waals surface area contributed by atoms with Crippen LogP contribution in [0.4, 0.5) is 10.5 Å². The molecule has 0 saturated carbocycles. The highest BCUT2D eigenvalue weighted by molar-refractivity contribution is 5.90. The number of ether oxygens (including phenoxy) is 1. The zero-order valence-electron chi connectivity index (χ0n) is 17.9. The molecule has 1 atom stereocenters. The summed E-state index contributed by atoms with van der Waals surface area (Å²) in [5, 5.41) is 15.7. The minimum absolute atomic E-state index is 0.274. The smallest absolute Gasteiger partial charge is 0.412 e. The fourth-order valence-corrected chi connectivity index (χ4v) is 3.67. The van der Waals surface area contributed by atoms with Gasteiger partial charge in [0.1, 0.15) is 17.5 Å². The maximum atomic E-state index is 12.5. The van der Waals surface area contributed by atoms with Crippen molar-refractivity contribution in [3.05, 3.63) is 71.4 Å². The molecular formula is C24H25N3O5. The summed E-state index contributed by atoms with van der Waals surface area (Å²) in [5.41, 5.74) is 3.76. The Hall–Kier alpha value is -3.65. The standard InChI is InChI=1S/C24H25N3O5/c1-15-21(25-24(30)31-16(2)18-6-4-3-5-7-18)22(32-26-15)19-10-8-17(9-11-19)12-27-13-20(14-27)23(28)29/h3-11,16,20H,12-14H2,1-2H3,(H,25,30)(H,28,29)/t16-/m1/s1. The second kappa shape index (κ2) is 9.23. The van der Waals surface area contributed by atoms with Crippen LogP contribution in [0.15, 0.2) is 59.1 Å². The highest BCUT2D eigenvalue weighted by Crippen LogP contribution is 2.32. The largest absolute Gasteiger partial charge is 0.481 e. The molecule has 2 N–H and O–H groups in total. The molecule has 0 radical (unpaired) electrons. The van der Waals surface area contributed by atoms with E-state index in [0.717, 1.165) is 16.7 Å². The van der Waals surface area contributed by atoms with E-state index in [9.17, 15) is 9.59 Å². The summed E-state index contributed by atoms with van der Waals surface area (Å²) in [4.78, 5) is 25.5. The van der Waals surface area contributed by atoms with Crippen LogP contribution in [0.3, 0.4) is 0 Å². The number of rotatable bonds is 7. The lowest BCUT2D eigenvalue weighted by molar-refractivity contribution is -0.147. The Bertz CT molecular complexity index is 1090. The number of hydrogen-bond donors (Lipinski definition) is 2. The fourth-order valence-electron chi connectivity index (χ4n) is 3.67. The Morgan fingerprint density at radius 3 is 2.53 bits per heavy atom. The first-order valence-electron chi connectivity index (χ1n) is 10.4. The molecule has 4 rings (SSSR count). The number of likely N-dealkylation sites (tertiary alicyclic amines) is 1. The first kappa shape index (κ1) is 21.6. The van der Waals surface area contributed by atoms with Crippen LogP contribution in [0.2, 0.25) is 0 Å². The molecule has 8 nitrogen and oxygen atoms in total. The molecule has 1 aromatic heterocycles. The molecule has 2 heterocycles. The normalized spacial score (nSPS) is 15.1. The second-order valence-electron chi connectivity index (χ2n) is 7.98. The Morgan fingerprint density at radius 2 is 1.88 bits per heavy atom. The highest BCUT2D eigenvalue weighted by atomic mass is 16.6. The van der Waals surface area contributed by atoms with Crippen molar-refractivity contribution in [2.45, 2.75) is 26.5 Å². The van der Waals surface area contributed by atoms with Gasteiger partial charge in [0.15, 0.2) is 5.76 Å². The fraction of sp³-hybridized carbons (Fsp3) is 0.292. The Balaban J connectivity index is 1.40. The van der Waals surface area contributed by atoms with Gasteiger partial charge in [-0.15, -0.1) is 0 Å². The lowest BCUT2D eigenvalue weighted by atomic mass is 9.99. The molecular weight excluding hydrogens is 410 g/mol. The van der Waals surface area contributed by atoms with Crippen molar-refractivity contribution >= 4 is 17.7 Å². The first-order valence-corrected chi connectivity index (χ1v) is 10.4. The van der Waals surface area contributed by atoms with Gasteiger partial charge in [0.05, 0.1) is 5.92 Å². The van der Waals surface area contributed by atoms with Gasteiger partial charge in [0.2, 0.25) is 0 Å². The van der Waals surface area contributed by atoms with Crippen LogP contribution in [0.1, 0.15) is 29.8 Å². The number of carboxylic acid groups (broad SMARTS) is 1. The molecule has 0 unspecified atom stereocenters. The maximum absolute atomic E-state index is 12.5. The number of nitrogens with zero attached hydrogens (tertiary/aromatic N) is 2. The molecule has 0 aliphatic carbocycles. The summed E-state index contributed by atoms with van der Waals surface area (Å²) in [6, 6.07) is 17.2. The Kier molecular flexibility index (Phi) is 6.23. The number of aliphatic carboxylic acids is 1. The van der Waals surface area contributed by atoms with Gasteiger partial charge in [0, 0.05) is 25.2 Å². The van der Waals surface area contributed by atoms with Gasteiger partial charge in [-0.3, -0.25) is 15.0 Å². The van der Waals surface area contributed by atoms with E-state index in [2.05, 4.69) is 15.4 Å². The van der Waals surface area contributed by atoms with Crippen LogP contribution in [0.25, 0.3) is 11.3 Å². The van der Waals surface area contributed by atoms with E-state index in [0.29, 0.717) is 36.8 Å². The van der Waals surface area contributed by atoms with Gasteiger partial charge < -0.3 is 14.4 Å². The molecule has 1 aliphatic heterocycles. The van der Waals surface area contributed by atoms with Gasteiger partial charge in [0.25, 0.3) is 0 Å². The van der Waals surface area contributed by atoms with Crippen molar-refractivity contribution in [3.8, 4) is 11.3 Å². The number of carbonyl (C=O) groups excluding carboxylic acids is 1. The van der Waals surface area contributed by atoms with Crippen LogP contribution in [0.5, 0.6) is 0 Å². The third kappa shape index (κ3) is 4.81. The number of benzene rings is 2. The summed E-state index contributed by atoms with van der Waals surface area (Å²) in [6.07, 6.45) is -0.988. The SMILES string of the molecule is Cc1noc(-c2ccc(CN3CC(C(=O)O)C3)cc2)c1NC(=O)O[C@H](C)c1ccccc1. The van der Waals surface area contributed by atoms with E-state index in [1.54, 1.807) is 6.92 Å². The number of amides is 1. The van der Waals surface area contributed by atoms with E-state index >= 15 is 0 Å². The van der Waals surface area contributed by atoms with E-state index in [-0.39, 0.29) is 5.92 Å². The van der Waals surface area contributed by atoms with Crippen molar-refractivity contribution in [2.24, 2.45) is 5.92 Å². The van der Waals surface area contributed by atoms with E-state index in [1.165, 1.54) is 0 Å². The van der Waals surface area contributed by atoms with Gasteiger partial charge in [-0.25, -0.2) is 4.79 Å². The molecule has 0 bridgehead atoms. The lowest BCUT2D eigenvalue weighted by Crippen LogP contribution is -2.49. The van der Waals surface area contributed by atoms with Crippen molar-refractivity contribution < 1.29 is 24.0 Å². The van der Waals surface area contributed by atoms with Crippen molar-refractivity contribution in [1.29, 1.82) is 0 Å². The molecule has 1 amide bonds. The maximum Gasteiger partial charge on any atom is 0.412 e. The van der Waals surface area contributed by atoms with Crippen LogP contribution >= 0.6 is 0 Å². The zero-order valence-corrected chi connectivity index (χ0v) is 17.9. The quantitative estimate of drug-likeness (QED) is 0.564. The second-order valence-corrected chi connectivity index (χ2v) is 7.98. The predicted octanol–water partition coefficient (Wildman–Crippen LogP) is 4.48. The Labute approximate surface area is 185 Å². The number of hydrogen-bond acceptors (Lipinski definition) is 6. The number of aromatic nitrogens is 1. The molecule has 1 fully saturated rings. The molecule has 3 aromatic rings. The number of anilines is 1. The highest BCUT2D eigenvalue weighted by Gasteiger charge is 2.32. The van der Waals surface area contributed by atoms with Crippen molar-refractivity contribution in [1.82, 2.24) is 10.1 Å². The van der Waals surface area contributed by atoms with Crippen LogP contribution in [-0.4, -0.2) is 40.3 Å². The number of nitrogens with one attached hydrogen (secondary N) is 1. The summed E-state index contributed by atoms with van der Waals surface area (Å²) in [7, 11) is 0. The molecule has 1 aliphatic rings. The topological polar surface area (TPSA) is 105 Å². The molecule has 2 aromatic carbocycles. The minimum Gasteiger partial charge on any atom is -0.481 e. The van der Waals surface area contributed by atoms with E-state index in [4.69, 9.17) is 14.4 Å². The number of carboxylic acids is 1. The average molecular weight is 435 g/mol. The summed E-state index contributed by atoms with van der Waals surface area (Å²) in [6.45, 7) is 5.38. The van der Waals surface area contributed by atoms with Gasteiger partial charge >= 0.3 is 12.1 Å². The average Bonchev–Trinajstić information content (AvgIpc) is 3.11. The van der Waals surface area contributed by atoms with Crippen molar-refractivity contribution in [3.63, 3.8) is 0 Å². The predicted molar refractivity (Wildman–Crippen MR) is 118 cm³/mol. The first-order chi connectivity index (χ1) is 15.4. The zero-order chi connectivity index (χ0) is 22.7. The third-order valence-electron chi connectivity index (χ3n) is 5.57. The summed E-state index contributed by atoms with van der Waals surface area (Å²) in [5.74, 6) is -0.563. The molecule has 166 valence electrons. The van der Waals surface area contributed by atoms with Crippen LogP contribution in [0, 0.1) is 12.8 Å². The third-order valence-corrected chi connectivity index (χ3v) is 5.57. The van der Waals surface area contributed by atoms with Crippen molar-refractivity contribution in [2.75, 3.05) is 18.4 Å². The van der Waals surface area contributed by atoms with Gasteiger partial charge in [-0.05, 0) is 25.0 Å². The van der Waals surface area contributed by atoms with Crippen LogP contribution in [-0.2, 0) is 16.1 Å². The van der Waals surface area contributed by atoms with Crippen LogP contribution < -0.4 is 5.32 Å². The summed E-state index contributed by atoms with van der Waals surface area (Å²) >= 11 is 0. The van der Waals surface area contributed by atoms with Gasteiger partial charge in [-0.2, -0.15) is 0 Å². The Morgan fingerprint density at radius 1 is 1.19 bits per heavy atom. The molecule has 1 saturated heterocycles. The lowest BCUT2D eigenvalue weighted by Gasteiger charge is -2.36. The monoisotopic (exact) mass is 435 g/mol. The van der Waals surface area contributed by atoms with Gasteiger partial charge in [-0.1, -0.05) is 59.8 Å².